The van der Waals surface area contributed by atoms with Crippen LogP contribution in [0.1, 0.15) is 50.0 Å². The van der Waals surface area contributed by atoms with Crippen LogP contribution in [0.2, 0.25) is 0 Å². The summed E-state index contributed by atoms with van der Waals surface area (Å²) in [5.41, 5.74) is 2.52. The number of benzene rings is 3. The molecule has 0 spiro atoms. The Morgan fingerprint density at radius 2 is 1.53 bits per heavy atom. The third-order valence-electron chi connectivity index (χ3n) is 7.53. The summed E-state index contributed by atoms with van der Waals surface area (Å²) in [7, 11) is -3.56. The molecule has 0 amide bonds. The number of ether oxygens (including phenoxy) is 1. The molecule has 0 saturated carbocycles. The Hall–Kier alpha value is -2.65. The normalized spacial score (nSPS) is 16.4. The Balaban J connectivity index is 1.34. The van der Waals surface area contributed by atoms with Crippen molar-refractivity contribution >= 4 is 10.0 Å². The van der Waals surface area contributed by atoms with E-state index in [1.54, 1.807) is 16.4 Å². The van der Waals surface area contributed by atoms with Gasteiger partial charge in [0.1, 0.15) is 6.10 Å². The fraction of sp³-hybridized carbons (Fsp3) is 0.400. The molecule has 4 rings (SSSR count). The Labute approximate surface area is 225 Å². The van der Waals surface area contributed by atoms with E-state index in [0.29, 0.717) is 49.8 Å². The molecule has 0 aromatic heterocycles. The van der Waals surface area contributed by atoms with Gasteiger partial charge in [0, 0.05) is 32.7 Å². The third-order valence-corrected chi connectivity index (χ3v) is 9.44. The minimum absolute atomic E-state index is 0.000368. The fourth-order valence-electron chi connectivity index (χ4n) is 4.61. The van der Waals surface area contributed by atoms with Gasteiger partial charge in [-0.2, -0.15) is 4.31 Å². The van der Waals surface area contributed by atoms with Crippen LogP contribution in [0.3, 0.4) is 0 Å². The average molecular weight is 543 g/mol. The van der Waals surface area contributed by atoms with Crippen molar-refractivity contribution in [1.82, 2.24) is 9.21 Å². The number of sulfonamides is 1. The standard InChI is InChI=1S/C30H36F2N2O3S/c1-4-30(2,3)25-11-13-26(14-12-25)38(35,36)34-18-16-33(17-19-34)20-21-37-29(23-8-6-5-7-9-23)24-10-15-27(31)28(32)22-24/h5-15,22,29H,4,16-21H2,1-3H3. The van der Waals surface area contributed by atoms with E-state index in [0.717, 1.165) is 23.6 Å². The van der Waals surface area contributed by atoms with Gasteiger partial charge in [0.2, 0.25) is 10.0 Å². The number of nitrogens with zero attached hydrogens (tertiary/aromatic N) is 2. The van der Waals surface area contributed by atoms with Gasteiger partial charge < -0.3 is 4.74 Å². The molecule has 8 heteroatoms. The molecule has 0 radical (unpaired) electrons. The lowest BCUT2D eigenvalue weighted by atomic mass is 9.82. The molecule has 38 heavy (non-hydrogen) atoms. The zero-order valence-electron chi connectivity index (χ0n) is 22.2. The van der Waals surface area contributed by atoms with Crippen LogP contribution < -0.4 is 0 Å². The second-order valence-corrected chi connectivity index (χ2v) is 12.3. The Morgan fingerprint density at radius 1 is 0.868 bits per heavy atom. The van der Waals surface area contributed by atoms with Gasteiger partial charge in [-0.3, -0.25) is 4.90 Å². The third kappa shape index (κ3) is 6.49. The van der Waals surface area contributed by atoms with Crippen LogP contribution in [-0.2, 0) is 20.2 Å². The van der Waals surface area contributed by atoms with E-state index in [9.17, 15) is 17.2 Å². The van der Waals surface area contributed by atoms with Crippen molar-refractivity contribution in [2.24, 2.45) is 0 Å². The highest BCUT2D eigenvalue weighted by Crippen LogP contribution is 2.29. The Kier molecular flexibility index (Phi) is 8.98. The van der Waals surface area contributed by atoms with Gasteiger partial charge in [-0.1, -0.05) is 69.3 Å². The lowest BCUT2D eigenvalue weighted by molar-refractivity contribution is 0.0525. The van der Waals surface area contributed by atoms with E-state index in [-0.39, 0.29) is 5.41 Å². The van der Waals surface area contributed by atoms with Gasteiger partial charge >= 0.3 is 0 Å². The SMILES string of the molecule is CCC(C)(C)c1ccc(S(=O)(=O)N2CCN(CCOC(c3ccccc3)c3ccc(F)c(F)c3)CC2)cc1. The molecule has 1 aliphatic heterocycles. The zero-order valence-corrected chi connectivity index (χ0v) is 23.1. The summed E-state index contributed by atoms with van der Waals surface area (Å²) < 4.78 is 61.6. The molecule has 0 N–H and O–H groups in total. The van der Waals surface area contributed by atoms with Crippen LogP contribution in [0.5, 0.6) is 0 Å². The molecular weight excluding hydrogens is 506 g/mol. The maximum atomic E-state index is 13.9. The van der Waals surface area contributed by atoms with Gasteiger partial charge in [-0.15, -0.1) is 0 Å². The van der Waals surface area contributed by atoms with Crippen molar-refractivity contribution in [3.8, 4) is 0 Å². The highest BCUT2D eigenvalue weighted by molar-refractivity contribution is 7.89. The summed E-state index contributed by atoms with van der Waals surface area (Å²) >= 11 is 0. The van der Waals surface area contributed by atoms with Crippen molar-refractivity contribution in [3.05, 3.63) is 101 Å². The first-order valence-corrected chi connectivity index (χ1v) is 14.5. The first kappa shape index (κ1) is 28.4. The molecule has 1 heterocycles. The molecule has 204 valence electrons. The number of hydrogen-bond donors (Lipinski definition) is 0. The van der Waals surface area contributed by atoms with Crippen molar-refractivity contribution in [3.63, 3.8) is 0 Å². The molecule has 1 unspecified atom stereocenters. The van der Waals surface area contributed by atoms with E-state index in [4.69, 9.17) is 4.74 Å². The molecule has 1 aliphatic rings. The van der Waals surface area contributed by atoms with Crippen LogP contribution in [0, 0.1) is 11.6 Å². The van der Waals surface area contributed by atoms with E-state index >= 15 is 0 Å². The monoisotopic (exact) mass is 542 g/mol. The van der Waals surface area contributed by atoms with E-state index in [1.165, 1.54) is 12.1 Å². The lowest BCUT2D eigenvalue weighted by Crippen LogP contribution is -2.49. The van der Waals surface area contributed by atoms with Crippen LogP contribution in [0.4, 0.5) is 8.78 Å². The van der Waals surface area contributed by atoms with Crippen molar-refractivity contribution in [1.29, 1.82) is 0 Å². The first-order valence-electron chi connectivity index (χ1n) is 13.1. The molecule has 1 fully saturated rings. The van der Waals surface area contributed by atoms with Crippen LogP contribution in [0.15, 0.2) is 77.7 Å². The van der Waals surface area contributed by atoms with Crippen molar-refractivity contribution in [2.75, 3.05) is 39.3 Å². The highest BCUT2D eigenvalue weighted by atomic mass is 32.2. The quantitative estimate of drug-likeness (QED) is 0.327. The molecule has 0 bridgehead atoms. The summed E-state index contributed by atoms with van der Waals surface area (Å²) in [4.78, 5) is 2.48. The molecule has 3 aromatic rings. The number of rotatable bonds is 10. The lowest BCUT2D eigenvalue weighted by Gasteiger charge is -2.34. The predicted octanol–water partition coefficient (Wildman–Crippen LogP) is 5.76. The van der Waals surface area contributed by atoms with Crippen LogP contribution in [-0.4, -0.2) is 57.0 Å². The minimum Gasteiger partial charge on any atom is -0.367 e. The smallest absolute Gasteiger partial charge is 0.243 e. The Morgan fingerprint density at radius 3 is 2.13 bits per heavy atom. The second kappa shape index (κ2) is 12.0. The van der Waals surface area contributed by atoms with E-state index in [1.807, 2.05) is 42.5 Å². The topological polar surface area (TPSA) is 49.9 Å². The maximum absolute atomic E-state index is 13.9. The highest BCUT2D eigenvalue weighted by Gasteiger charge is 2.29. The number of halogens is 2. The summed E-state index contributed by atoms with van der Waals surface area (Å²) in [5.74, 6) is -1.80. The summed E-state index contributed by atoms with van der Waals surface area (Å²) in [6.45, 7) is 9.36. The van der Waals surface area contributed by atoms with Crippen LogP contribution in [0.25, 0.3) is 0 Å². The largest absolute Gasteiger partial charge is 0.367 e. The molecule has 5 nitrogen and oxygen atoms in total. The average Bonchev–Trinajstić information content (AvgIpc) is 2.93. The molecular formula is C30H36F2N2O3S. The molecule has 1 saturated heterocycles. The predicted molar refractivity (Wildman–Crippen MR) is 146 cm³/mol. The van der Waals surface area contributed by atoms with E-state index in [2.05, 4.69) is 25.7 Å². The fourth-order valence-corrected chi connectivity index (χ4v) is 6.03. The summed E-state index contributed by atoms with van der Waals surface area (Å²) in [5, 5.41) is 0. The van der Waals surface area contributed by atoms with Gasteiger partial charge in [0.05, 0.1) is 11.5 Å². The molecule has 1 atom stereocenters. The first-order chi connectivity index (χ1) is 18.1. The zero-order chi connectivity index (χ0) is 27.3. The summed E-state index contributed by atoms with van der Waals surface area (Å²) in [6.07, 6.45) is 0.436. The van der Waals surface area contributed by atoms with Crippen LogP contribution >= 0.6 is 0 Å². The number of piperazine rings is 1. The summed E-state index contributed by atoms with van der Waals surface area (Å²) in [6, 6.07) is 20.5. The van der Waals surface area contributed by atoms with Crippen molar-refractivity contribution < 1.29 is 21.9 Å². The van der Waals surface area contributed by atoms with Gasteiger partial charge in [0.15, 0.2) is 11.6 Å². The molecule has 0 aliphatic carbocycles. The maximum Gasteiger partial charge on any atom is 0.243 e. The number of hydrogen-bond acceptors (Lipinski definition) is 4. The Bertz CT molecular complexity index is 1310. The van der Waals surface area contributed by atoms with E-state index < -0.39 is 27.8 Å². The van der Waals surface area contributed by atoms with Gasteiger partial charge in [-0.05, 0) is 52.8 Å². The van der Waals surface area contributed by atoms with Gasteiger partial charge in [-0.25, -0.2) is 17.2 Å². The second-order valence-electron chi connectivity index (χ2n) is 10.3. The van der Waals surface area contributed by atoms with Gasteiger partial charge in [0.25, 0.3) is 0 Å². The van der Waals surface area contributed by atoms with Crippen molar-refractivity contribution in [2.45, 2.75) is 43.6 Å². The minimum atomic E-state index is -3.56. The molecule has 3 aromatic carbocycles.